The Labute approximate surface area is 149 Å². The van der Waals surface area contributed by atoms with Crippen LogP contribution >= 0.6 is 23.6 Å². The van der Waals surface area contributed by atoms with Crippen LogP contribution in [0.25, 0.3) is 6.08 Å². The zero-order chi connectivity index (χ0) is 17.4. The van der Waals surface area contributed by atoms with E-state index in [1.165, 1.54) is 17.4 Å². The average Bonchev–Trinajstić information content (AvgIpc) is 3.05. The van der Waals surface area contributed by atoms with Crippen LogP contribution in [0, 0.1) is 6.92 Å². The van der Waals surface area contributed by atoms with Gasteiger partial charge in [0.1, 0.15) is 0 Å². The molecule has 0 saturated carbocycles. The van der Waals surface area contributed by atoms with E-state index in [9.17, 15) is 9.59 Å². The number of thiocarbonyl (C=S) groups is 1. The van der Waals surface area contributed by atoms with Crippen molar-refractivity contribution in [1.29, 1.82) is 0 Å². The van der Waals surface area contributed by atoms with Gasteiger partial charge in [0.05, 0.1) is 6.42 Å². The van der Waals surface area contributed by atoms with Gasteiger partial charge in [-0.15, -0.1) is 11.3 Å². The van der Waals surface area contributed by atoms with Crippen molar-refractivity contribution in [2.45, 2.75) is 13.3 Å². The number of nitrogens with one attached hydrogen (secondary N) is 3. The number of thiophene rings is 1. The van der Waals surface area contributed by atoms with Gasteiger partial charge in [0, 0.05) is 11.0 Å². The number of rotatable bonds is 4. The second-order valence-electron chi connectivity index (χ2n) is 4.99. The van der Waals surface area contributed by atoms with E-state index in [0.29, 0.717) is 0 Å². The highest BCUT2D eigenvalue weighted by Crippen LogP contribution is 2.08. The topological polar surface area (TPSA) is 70.2 Å². The summed E-state index contributed by atoms with van der Waals surface area (Å²) in [6.07, 6.45) is 3.33. The van der Waals surface area contributed by atoms with Gasteiger partial charge in [-0.05, 0) is 42.2 Å². The van der Waals surface area contributed by atoms with E-state index in [0.717, 1.165) is 16.0 Å². The van der Waals surface area contributed by atoms with E-state index in [2.05, 4.69) is 16.2 Å². The quantitative estimate of drug-likeness (QED) is 0.445. The van der Waals surface area contributed by atoms with E-state index in [1.807, 2.05) is 48.7 Å². The molecule has 0 saturated heterocycles. The van der Waals surface area contributed by atoms with Gasteiger partial charge in [0.15, 0.2) is 5.11 Å². The molecule has 0 unspecified atom stereocenters. The van der Waals surface area contributed by atoms with Crippen molar-refractivity contribution in [3.63, 3.8) is 0 Å². The van der Waals surface area contributed by atoms with E-state index < -0.39 is 0 Å². The van der Waals surface area contributed by atoms with Gasteiger partial charge in [-0.3, -0.25) is 25.8 Å². The van der Waals surface area contributed by atoms with Crippen LogP contribution in [0.5, 0.6) is 0 Å². The lowest BCUT2D eigenvalue weighted by Gasteiger charge is -2.09. The number of aryl methyl sites for hydroxylation is 1. The van der Waals surface area contributed by atoms with Crippen LogP contribution < -0.4 is 16.2 Å². The number of amides is 2. The Morgan fingerprint density at radius 1 is 1.17 bits per heavy atom. The number of carbonyl (C=O) groups is 2. The number of hydrogen-bond acceptors (Lipinski definition) is 4. The standard InChI is InChI=1S/C17H17N3O2S2/c1-12-4-6-13(7-5-12)8-9-15(21)18-17(23)20-19-16(22)11-14-3-2-10-24-14/h2-10H,11H2,1H3,(H,19,22)(H2,18,20,21,23)/b9-8+. The molecule has 2 amide bonds. The molecule has 1 aromatic carbocycles. The van der Waals surface area contributed by atoms with Gasteiger partial charge in [-0.25, -0.2) is 0 Å². The molecule has 0 spiro atoms. The molecular weight excluding hydrogens is 342 g/mol. The van der Waals surface area contributed by atoms with Crippen molar-refractivity contribution in [3.05, 3.63) is 63.9 Å². The van der Waals surface area contributed by atoms with Gasteiger partial charge < -0.3 is 0 Å². The van der Waals surface area contributed by atoms with E-state index >= 15 is 0 Å². The van der Waals surface area contributed by atoms with Gasteiger partial charge in [-0.2, -0.15) is 0 Å². The van der Waals surface area contributed by atoms with Gasteiger partial charge in [0.2, 0.25) is 11.8 Å². The van der Waals surface area contributed by atoms with E-state index in [1.54, 1.807) is 6.08 Å². The first-order valence-electron chi connectivity index (χ1n) is 7.20. The molecule has 0 fully saturated rings. The largest absolute Gasteiger partial charge is 0.298 e. The van der Waals surface area contributed by atoms with Crippen molar-refractivity contribution < 1.29 is 9.59 Å². The summed E-state index contributed by atoms with van der Waals surface area (Å²) in [5, 5.41) is 4.40. The molecule has 2 aromatic rings. The number of carbonyl (C=O) groups excluding carboxylic acids is 2. The minimum Gasteiger partial charge on any atom is -0.298 e. The van der Waals surface area contributed by atoms with Crippen LogP contribution in [0.3, 0.4) is 0 Å². The zero-order valence-electron chi connectivity index (χ0n) is 13.0. The summed E-state index contributed by atoms with van der Waals surface area (Å²) in [5.41, 5.74) is 7.01. The summed E-state index contributed by atoms with van der Waals surface area (Å²) < 4.78 is 0. The third kappa shape index (κ3) is 6.31. The van der Waals surface area contributed by atoms with E-state index in [4.69, 9.17) is 12.2 Å². The number of hydrogen-bond donors (Lipinski definition) is 3. The molecule has 1 heterocycles. The Bertz CT molecular complexity index is 738. The van der Waals surface area contributed by atoms with Crippen molar-refractivity contribution in [2.75, 3.05) is 0 Å². The Morgan fingerprint density at radius 3 is 2.58 bits per heavy atom. The summed E-state index contributed by atoms with van der Waals surface area (Å²) in [6.45, 7) is 2.00. The maximum Gasteiger partial charge on any atom is 0.250 e. The fourth-order valence-electron chi connectivity index (χ4n) is 1.78. The predicted octanol–water partition coefficient (Wildman–Crippen LogP) is 2.33. The molecule has 24 heavy (non-hydrogen) atoms. The predicted molar refractivity (Wildman–Crippen MR) is 100 cm³/mol. The molecule has 0 aliphatic heterocycles. The summed E-state index contributed by atoms with van der Waals surface area (Å²) in [4.78, 5) is 24.4. The summed E-state index contributed by atoms with van der Waals surface area (Å²) >= 11 is 6.46. The van der Waals surface area contributed by atoms with Crippen LogP contribution in [-0.2, 0) is 16.0 Å². The van der Waals surface area contributed by atoms with Crippen LogP contribution in [0.2, 0.25) is 0 Å². The monoisotopic (exact) mass is 359 g/mol. The maximum atomic E-state index is 11.8. The molecule has 0 bridgehead atoms. The first-order chi connectivity index (χ1) is 11.5. The third-order valence-electron chi connectivity index (χ3n) is 2.97. The summed E-state index contributed by atoms with van der Waals surface area (Å²) in [5.74, 6) is -0.607. The Morgan fingerprint density at radius 2 is 1.92 bits per heavy atom. The molecular formula is C17H17N3O2S2. The molecule has 5 nitrogen and oxygen atoms in total. The lowest BCUT2D eigenvalue weighted by atomic mass is 10.1. The first-order valence-corrected chi connectivity index (χ1v) is 8.48. The van der Waals surface area contributed by atoms with Crippen molar-refractivity contribution in [1.82, 2.24) is 16.2 Å². The molecule has 124 valence electrons. The molecule has 7 heteroatoms. The molecule has 0 atom stereocenters. The Balaban J connectivity index is 1.72. The highest BCUT2D eigenvalue weighted by atomic mass is 32.1. The van der Waals surface area contributed by atoms with Crippen LogP contribution in [0.15, 0.2) is 47.9 Å². The fraction of sp³-hybridized carbons (Fsp3) is 0.118. The minimum atomic E-state index is -0.374. The highest BCUT2D eigenvalue weighted by Gasteiger charge is 2.05. The van der Waals surface area contributed by atoms with Crippen molar-refractivity contribution in [2.24, 2.45) is 0 Å². The normalized spacial score (nSPS) is 10.4. The molecule has 1 aromatic heterocycles. The number of hydrazine groups is 1. The Kier molecular flexibility index (Phi) is 6.65. The first kappa shape index (κ1) is 17.8. The fourth-order valence-corrected chi connectivity index (χ4v) is 2.63. The smallest absolute Gasteiger partial charge is 0.250 e. The average molecular weight is 359 g/mol. The zero-order valence-corrected chi connectivity index (χ0v) is 14.7. The summed E-state index contributed by atoms with van der Waals surface area (Å²) in [7, 11) is 0. The minimum absolute atomic E-state index is 0.0353. The molecule has 0 aliphatic rings. The molecule has 3 N–H and O–H groups in total. The van der Waals surface area contributed by atoms with Gasteiger partial charge in [0.25, 0.3) is 0 Å². The van der Waals surface area contributed by atoms with Crippen molar-refractivity contribution >= 4 is 46.6 Å². The number of benzene rings is 1. The van der Waals surface area contributed by atoms with E-state index in [-0.39, 0.29) is 23.3 Å². The molecule has 2 rings (SSSR count). The SMILES string of the molecule is Cc1ccc(/C=C/C(=O)NC(=S)NNC(=O)Cc2cccs2)cc1. The van der Waals surface area contributed by atoms with Crippen LogP contribution in [-0.4, -0.2) is 16.9 Å². The van der Waals surface area contributed by atoms with Crippen molar-refractivity contribution in [3.8, 4) is 0 Å². The van der Waals surface area contributed by atoms with Gasteiger partial charge in [-0.1, -0.05) is 35.9 Å². The summed E-state index contributed by atoms with van der Waals surface area (Å²) in [6, 6.07) is 11.5. The second kappa shape index (κ2) is 8.95. The second-order valence-corrected chi connectivity index (χ2v) is 6.43. The highest BCUT2D eigenvalue weighted by molar-refractivity contribution is 7.80. The Hall–Kier alpha value is -2.51. The van der Waals surface area contributed by atoms with Gasteiger partial charge >= 0.3 is 0 Å². The van der Waals surface area contributed by atoms with Crippen LogP contribution in [0.1, 0.15) is 16.0 Å². The lowest BCUT2D eigenvalue weighted by Crippen LogP contribution is -2.48. The maximum absolute atomic E-state index is 11.8. The lowest BCUT2D eigenvalue weighted by molar-refractivity contribution is -0.121. The third-order valence-corrected chi connectivity index (χ3v) is 4.05. The molecule has 0 aliphatic carbocycles. The molecule has 0 radical (unpaired) electrons. The van der Waals surface area contributed by atoms with Crippen LogP contribution in [0.4, 0.5) is 0 Å².